The Morgan fingerprint density at radius 1 is 1.45 bits per heavy atom. The molecule has 0 spiro atoms. The van der Waals surface area contributed by atoms with Crippen LogP contribution in [0.2, 0.25) is 0 Å². The molecule has 0 bridgehead atoms. The van der Waals surface area contributed by atoms with Crippen molar-refractivity contribution in [1.29, 1.82) is 0 Å². The minimum absolute atomic E-state index is 0.163. The van der Waals surface area contributed by atoms with E-state index in [4.69, 9.17) is 4.74 Å². The summed E-state index contributed by atoms with van der Waals surface area (Å²) in [6.07, 6.45) is -3.73. The molecule has 2 rings (SSSR count). The molecule has 20 heavy (non-hydrogen) atoms. The predicted octanol–water partition coefficient (Wildman–Crippen LogP) is 3.22. The number of thiazole rings is 1. The molecule has 0 saturated heterocycles. The third-order valence-corrected chi connectivity index (χ3v) is 3.23. The van der Waals surface area contributed by atoms with E-state index in [1.54, 1.807) is 12.3 Å². The van der Waals surface area contributed by atoms with E-state index in [1.807, 2.05) is 0 Å². The molecule has 0 fully saturated rings. The van der Waals surface area contributed by atoms with E-state index in [0.717, 1.165) is 18.0 Å². The zero-order valence-electron chi connectivity index (χ0n) is 10.3. The number of halogens is 3. The number of aromatic nitrogens is 2. The molecule has 0 aromatic carbocycles. The van der Waals surface area contributed by atoms with Crippen LogP contribution in [0.3, 0.4) is 0 Å². The maximum atomic E-state index is 12.7. The normalized spacial score (nSPS) is 11.4. The van der Waals surface area contributed by atoms with Crippen LogP contribution in [0.25, 0.3) is 0 Å². The lowest BCUT2D eigenvalue weighted by atomic mass is 10.2. The summed E-state index contributed by atoms with van der Waals surface area (Å²) >= 11 is 1.27. The number of aryl methyl sites for hydroxylation is 1. The third kappa shape index (κ3) is 3.32. The Kier molecular flexibility index (Phi) is 4.03. The van der Waals surface area contributed by atoms with Gasteiger partial charge < -0.3 is 4.74 Å². The van der Waals surface area contributed by atoms with Crippen molar-refractivity contribution in [2.45, 2.75) is 19.7 Å². The first-order valence-electron chi connectivity index (χ1n) is 5.48. The maximum Gasteiger partial charge on any atom is 0.434 e. The molecule has 4 nitrogen and oxygen atoms in total. The average molecular weight is 302 g/mol. The van der Waals surface area contributed by atoms with Crippen molar-refractivity contribution in [3.63, 3.8) is 0 Å². The van der Waals surface area contributed by atoms with Crippen LogP contribution in [-0.4, -0.2) is 15.9 Å². The Morgan fingerprint density at radius 3 is 2.80 bits per heavy atom. The van der Waals surface area contributed by atoms with Gasteiger partial charge in [0.25, 0.3) is 0 Å². The van der Waals surface area contributed by atoms with E-state index in [0.29, 0.717) is 5.01 Å². The van der Waals surface area contributed by atoms with E-state index in [-0.39, 0.29) is 6.61 Å². The van der Waals surface area contributed by atoms with Crippen LogP contribution < -0.4 is 0 Å². The molecule has 0 unspecified atom stereocenters. The minimum Gasteiger partial charge on any atom is -0.455 e. The maximum absolute atomic E-state index is 12.7. The molecule has 0 aliphatic heterocycles. The van der Waals surface area contributed by atoms with Crippen LogP contribution in [0, 0.1) is 6.92 Å². The Morgan fingerprint density at radius 2 is 2.20 bits per heavy atom. The molecule has 8 heteroatoms. The van der Waals surface area contributed by atoms with Gasteiger partial charge in [0, 0.05) is 17.3 Å². The smallest absolute Gasteiger partial charge is 0.434 e. The van der Waals surface area contributed by atoms with Gasteiger partial charge in [0.1, 0.15) is 11.6 Å². The summed E-state index contributed by atoms with van der Waals surface area (Å²) in [4.78, 5) is 18.9. The molecule has 0 aliphatic carbocycles. The monoisotopic (exact) mass is 302 g/mol. The average Bonchev–Trinajstić information content (AvgIpc) is 2.81. The number of carbonyl (C=O) groups excluding carboxylic acids is 1. The first-order chi connectivity index (χ1) is 9.38. The van der Waals surface area contributed by atoms with E-state index in [1.165, 1.54) is 17.4 Å². The number of nitrogens with zero attached hydrogens (tertiary/aromatic N) is 2. The van der Waals surface area contributed by atoms with Crippen LogP contribution in [-0.2, 0) is 17.5 Å². The van der Waals surface area contributed by atoms with Crippen molar-refractivity contribution in [2.24, 2.45) is 0 Å². The summed E-state index contributed by atoms with van der Waals surface area (Å²) < 4.78 is 42.9. The van der Waals surface area contributed by atoms with Gasteiger partial charge in [-0.05, 0) is 19.1 Å². The van der Waals surface area contributed by atoms with Crippen LogP contribution in [0.1, 0.15) is 26.8 Å². The Labute approximate surface area is 116 Å². The van der Waals surface area contributed by atoms with Gasteiger partial charge in [-0.3, -0.25) is 4.98 Å². The molecule has 0 radical (unpaired) electrons. The number of pyridine rings is 1. The minimum atomic E-state index is -4.70. The van der Waals surface area contributed by atoms with Crippen molar-refractivity contribution in [1.82, 2.24) is 9.97 Å². The lowest BCUT2D eigenvalue weighted by molar-refractivity contribution is -0.141. The number of rotatable bonds is 3. The SMILES string of the molecule is Cc1csc(COC(=O)c2cccnc2C(F)(F)F)n1. The van der Waals surface area contributed by atoms with Crippen molar-refractivity contribution in [2.75, 3.05) is 0 Å². The van der Waals surface area contributed by atoms with E-state index >= 15 is 0 Å². The fraction of sp³-hybridized carbons (Fsp3) is 0.250. The Hall–Kier alpha value is -1.96. The highest BCUT2D eigenvalue weighted by molar-refractivity contribution is 7.09. The second-order valence-electron chi connectivity index (χ2n) is 3.86. The Balaban J connectivity index is 2.13. The van der Waals surface area contributed by atoms with E-state index < -0.39 is 23.4 Å². The Bertz CT molecular complexity index is 625. The second-order valence-corrected chi connectivity index (χ2v) is 4.80. The summed E-state index contributed by atoms with van der Waals surface area (Å²) in [6.45, 7) is 1.61. The number of hydrogen-bond donors (Lipinski definition) is 0. The number of hydrogen-bond acceptors (Lipinski definition) is 5. The highest BCUT2D eigenvalue weighted by atomic mass is 32.1. The highest BCUT2D eigenvalue weighted by Gasteiger charge is 2.37. The summed E-state index contributed by atoms with van der Waals surface area (Å²) in [5, 5.41) is 2.28. The van der Waals surface area contributed by atoms with E-state index in [2.05, 4.69) is 9.97 Å². The van der Waals surface area contributed by atoms with Crippen LogP contribution in [0.4, 0.5) is 13.2 Å². The lowest BCUT2D eigenvalue weighted by Crippen LogP contribution is -2.16. The fourth-order valence-corrected chi connectivity index (χ4v) is 2.15. The summed E-state index contributed by atoms with van der Waals surface area (Å²) in [5.41, 5.74) is -1.09. The molecule has 0 N–H and O–H groups in total. The molecular formula is C12H9F3N2O2S. The molecule has 2 aromatic heterocycles. The van der Waals surface area contributed by atoms with Gasteiger partial charge >= 0.3 is 12.1 Å². The van der Waals surface area contributed by atoms with Gasteiger partial charge in [-0.1, -0.05) is 0 Å². The molecule has 106 valence electrons. The fourth-order valence-electron chi connectivity index (χ4n) is 1.47. The quantitative estimate of drug-likeness (QED) is 0.817. The molecular weight excluding hydrogens is 293 g/mol. The van der Waals surface area contributed by atoms with Gasteiger partial charge in [-0.15, -0.1) is 11.3 Å². The first-order valence-corrected chi connectivity index (χ1v) is 6.36. The van der Waals surface area contributed by atoms with Gasteiger partial charge in [-0.25, -0.2) is 9.78 Å². The van der Waals surface area contributed by atoms with Gasteiger partial charge in [0.15, 0.2) is 5.69 Å². The van der Waals surface area contributed by atoms with Gasteiger partial charge in [0.2, 0.25) is 0 Å². The predicted molar refractivity (Wildman–Crippen MR) is 65.2 cm³/mol. The highest BCUT2D eigenvalue weighted by Crippen LogP contribution is 2.30. The van der Waals surface area contributed by atoms with Crippen LogP contribution in [0.5, 0.6) is 0 Å². The van der Waals surface area contributed by atoms with Gasteiger partial charge in [-0.2, -0.15) is 13.2 Å². The van der Waals surface area contributed by atoms with Crippen molar-refractivity contribution in [3.8, 4) is 0 Å². The zero-order chi connectivity index (χ0) is 14.8. The third-order valence-electron chi connectivity index (χ3n) is 2.29. The molecule has 2 aromatic rings. The molecule has 0 atom stereocenters. The zero-order valence-corrected chi connectivity index (χ0v) is 11.1. The van der Waals surface area contributed by atoms with Crippen molar-refractivity contribution in [3.05, 3.63) is 45.7 Å². The number of alkyl halides is 3. The van der Waals surface area contributed by atoms with E-state index in [9.17, 15) is 18.0 Å². The first kappa shape index (κ1) is 14.4. The molecule has 2 heterocycles. The van der Waals surface area contributed by atoms with Crippen LogP contribution >= 0.6 is 11.3 Å². The molecule has 0 saturated carbocycles. The largest absolute Gasteiger partial charge is 0.455 e. The summed E-state index contributed by atoms with van der Waals surface area (Å²) in [6, 6.07) is 2.28. The molecule has 0 amide bonds. The summed E-state index contributed by atoms with van der Waals surface area (Å²) in [7, 11) is 0. The number of carbonyl (C=O) groups is 1. The van der Waals surface area contributed by atoms with Gasteiger partial charge in [0.05, 0.1) is 5.56 Å². The standard InChI is InChI=1S/C12H9F3N2O2S/c1-7-6-20-9(17-7)5-19-11(18)8-3-2-4-16-10(8)12(13,14)15/h2-4,6H,5H2,1H3. The lowest BCUT2D eigenvalue weighted by Gasteiger charge is -2.10. The number of ether oxygens (including phenoxy) is 1. The summed E-state index contributed by atoms with van der Waals surface area (Å²) in [5.74, 6) is -1.07. The molecule has 0 aliphatic rings. The van der Waals surface area contributed by atoms with Crippen LogP contribution in [0.15, 0.2) is 23.7 Å². The van der Waals surface area contributed by atoms with Crippen molar-refractivity contribution >= 4 is 17.3 Å². The van der Waals surface area contributed by atoms with Crippen molar-refractivity contribution < 1.29 is 22.7 Å². The topological polar surface area (TPSA) is 52.1 Å². The second kappa shape index (κ2) is 5.58. The number of esters is 1.